The lowest BCUT2D eigenvalue weighted by atomic mass is 10.3. The summed E-state index contributed by atoms with van der Waals surface area (Å²) in [5.41, 5.74) is 0. The molecule has 0 radical (unpaired) electrons. The molecule has 0 heterocycles. The van der Waals surface area contributed by atoms with Crippen molar-refractivity contribution in [1.29, 1.82) is 0 Å². The van der Waals surface area contributed by atoms with E-state index in [-0.39, 0.29) is 4.90 Å². The number of hydrogen-bond donors (Lipinski definition) is 1. The molecule has 0 fully saturated rings. The summed E-state index contributed by atoms with van der Waals surface area (Å²) in [6, 6.07) is 5.61. The molecule has 0 atom stereocenters. The van der Waals surface area contributed by atoms with Crippen molar-refractivity contribution >= 4 is 20.2 Å². The van der Waals surface area contributed by atoms with Crippen LogP contribution >= 0.6 is 0 Å². The Balaban J connectivity index is 2.74. The summed E-state index contributed by atoms with van der Waals surface area (Å²) in [4.78, 5) is 0.0160. The normalized spacial score (nSPS) is 12.3. The van der Waals surface area contributed by atoms with E-state index in [0.717, 1.165) is 0 Å². The molecular formula is C9H12O7S2. The Morgan fingerprint density at radius 2 is 1.67 bits per heavy atom. The van der Waals surface area contributed by atoms with Gasteiger partial charge in [0.25, 0.3) is 0 Å². The van der Waals surface area contributed by atoms with Gasteiger partial charge >= 0.3 is 10.4 Å². The molecule has 0 aliphatic heterocycles. The molecule has 0 amide bonds. The van der Waals surface area contributed by atoms with Crippen LogP contribution in [0.3, 0.4) is 0 Å². The first-order valence-corrected chi connectivity index (χ1v) is 7.75. The Kier molecular flexibility index (Phi) is 4.68. The fourth-order valence-corrected chi connectivity index (χ4v) is 2.64. The Bertz CT molecular complexity index is 586. The minimum absolute atomic E-state index is 0.0160. The highest BCUT2D eigenvalue weighted by Gasteiger charge is 2.16. The van der Waals surface area contributed by atoms with Crippen molar-refractivity contribution in [3.05, 3.63) is 24.3 Å². The van der Waals surface area contributed by atoms with E-state index in [9.17, 15) is 16.8 Å². The third-order valence-electron chi connectivity index (χ3n) is 2.00. The molecule has 0 saturated carbocycles. The third-order valence-corrected chi connectivity index (χ3v) is 4.16. The number of methoxy groups -OCH3 is 1. The van der Waals surface area contributed by atoms with Gasteiger partial charge in [0.2, 0.25) is 0 Å². The largest absolute Gasteiger partial charge is 0.497 e. The molecule has 1 N–H and O–H groups in total. The first kappa shape index (κ1) is 14.9. The van der Waals surface area contributed by atoms with Gasteiger partial charge in [0.05, 0.1) is 24.4 Å². The lowest BCUT2D eigenvalue weighted by Gasteiger charge is -2.05. The van der Waals surface area contributed by atoms with Gasteiger partial charge in [0.1, 0.15) is 5.75 Å². The van der Waals surface area contributed by atoms with Crippen LogP contribution in [-0.4, -0.2) is 40.9 Å². The van der Waals surface area contributed by atoms with Crippen LogP contribution in [0.25, 0.3) is 0 Å². The standard InChI is InChI=1S/C9H12O7S2/c1-15-8-2-4-9(5-3-8)17(10,11)7-6-16-18(12,13)14/h2-5H,6-7H2,1H3,(H,12,13,14). The lowest BCUT2D eigenvalue weighted by molar-refractivity contribution is 0.284. The molecule has 0 saturated heterocycles. The molecule has 0 aromatic heterocycles. The maximum Gasteiger partial charge on any atom is 0.397 e. The van der Waals surface area contributed by atoms with Crippen LogP contribution in [0.1, 0.15) is 0 Å². The molecule has 0 aliphatic rings. The fourth-order valence-electron chi connectivity index (χ4n) is 1.15. The molecule has 102 valence electrons. The summed E-state index contributed by atoms with van der Waals surface area (Å²) < 4.78 is 61.1. The second-order valence-electron chi connectivity index (χ2n) is 3.24. The fraction of sp³-hybridized carbons (Fsp3) is 0.333. The molecule has 0 aliphatic carbocycles. The average molecular weight is 296 g/mol. The van der Waals surface area contributed by atoms with Crippen molar-refractivity contribution in [2.45, 2.75) is 4.90 Å². The topological polar surface area (TPSA) is 107 Å². The zero-order chi connectivity index (χ0) is 13.8. The van der Waals surface area contributed by atoms with E-state index in [2.05, 4.69) is 4.18 Å². The summed E-state index contributed by atoms with van der Waals surface area (Å²) in [6.45, 7) is -0.646. The number of ether oxygens (including phenoxy) is 1. The zero-order valence-electron chi connectivity index (χ0n) is 9.44. The maximum atomic E-state index is 11.7. The Labute approximate surface area is 105 Å². The monoisotopic (exact) mass is 296 g/mol. The van der Waals surface area contributed by atoms with E-state index in [0.29, 0.717) is 5.75 Å². The molecule has 1 rings (SSSR count). The van der Waals surface area contributed by atoms with Crippen LogP contribution in [0.2, 0.25) is 0 Å². The van der Waals surface area contributed by atoms with E-state index in [1.165, 1.54) is 31.4 Å². The van der Waals surface area contributed by atoms with Gasteiger partial charge in [-0.3, -0.25) is 4.55 Å². The van der Waals surface area contributed by atoms with Gasteiger partial charge in [-0.2, -0.15) is 8.42 Å². The second-order valence-corrected chi connectivity index (χ2v) is 6.44. The number of hydrogen-bond acceptors (Lipinski definition) is 6. The van der Waals surface area contributed by atoms with Crippen LogP contribution < -0.4 is 4.74 Å². The summed E-state index contributed by atoms with van der Waals surface area (Å²) >= 11 is 0. The predicted molar refractivity (Wildman–Crippen MR) is 62.5 cm³/mol. The van der Waals surface area contributed by atoms with Crippen LogP contribution in [-0.2, 0) is 24.4 Å². The van der Waals surface area contributed by atoms with Gasteiger partial charge in [-0.05, 0) is 24.3 Å². The highest BCUT2D eigenvalue weighted by Crippen LogP contribution is 2.16. The minimum atomic E-state index is -4.62. The van der Waals surface area contributed by atoms with E-state index in [4.69, 9.17) is 9.29 Å². The first-order chi connectivity index (χ1) is 8.24. The van der Waals surface area contributed by atoms with Crippen molar-refractivity contribution in [2.24, 2.45) is 0 Å². The van der Waals surface area contributed by atoms with Gasteiger partial charge in [0, 0.05) is 0 Å². The Hall–Kier alpha value is -1.16. The van der Waals surface area contributed by atoms with Crippen LogP contribution in [0.5, 0.6) is 5.75 Å². The molecular weight excluding hydrogens is 284 g/mol. The molecule has 0 bridgehead atoms. The van der Waals surface area contributed by atoms with Gasteiger partial charge in [-0.25, -0.2) is 12.6 Å². The average Bonchev–Trinajstić information content (AvgIpc) is 2.27. The second kappa shape index (κ2) is 5.65. The molecule has 1 aromatic rings. The zero-order valence-corrected chi connectivity index (χ0v) is 11.1. The number of benzene rings is 1. The predicted octanol–water partition coefficient (Wildman–Crippen LogP) is 0.288. The van der Waals surface area contributed by atoms with Crippen molar-refractivity contribution < 1.29 is 30.3 Å². The summed E-state index contributed by atoms with van der Waals surface area (Å²) in [5.74, 6) is -0.0535. The van der Waals surface area contributed by atoms with E-state index in [1.54, 1.807) is 0 Å². The van der Waals surface area contributed by atoms with Gasteiger partial charge in [-0.1, -0.05) is 0 Å². The van der Waals surface area contributed by atoms with Crippen molar-refractivity contribution in [1.82, 2.24) is 0 Å². The smallest absolute Gasteiger partial charge is 0.397 e. The van der Waals surface area contributed by atoms with Crippen LogP contribution in [0, 0.1) is 0 Å². The molecule has 18 heavy (non-hydrogen) atoms. The van der Waals surface area contributed by atoms with E-state index >= 15 is 0 Å². The van der Waals surface area contributed by atoms with Crippen LogP contribution in [0.4, 0.5) is 0 Å². The highest BCUT2D eigenvalue weighted by atomic mass is 32.3. The molecule has 9 heteroatoms. The third kappa shape index (κ3) is 4.61. The number of sulfone groups is 1. The van der Waals surface area contributed by atoms with Crippen molar-refractivity contribution in [3.8, 4) is 5.75 Å². The summed E-state index contributed by atoms with van der Waals surface area (Å²) in [6.07, 6.45) is 0. The van der Waals surface area contributed by atoms with Crippen LogP contribution in [0.15, 0.2) is 29.2 Å². The maximum absolute atomic E-state index is 11.7. The quantitative estimate of drug-likeness (QED) is 0.752. The summed E-state index contributed by atoms with van der Waals surface area (Å²) in [5, 5.41) is 0. The Morgan fingerprint density at radius 1 is 1.11 bits per heavy atom. The molecule has 0 spiro atoms. The first-order valence-electron chi connectivity index (χ1n) is 4.73. The van der Waals surface area contributed by atoms with E-state index < -0.39 is 32.6 Å². The molecule has 7 nitrogen and oxygen atoms in total. The SMILES string of the molecule is COc1ccc(S(=O)(=O)CCOS(=O)(=O)O)cc1. The number of rotatable bonds is 6. The van der Waals surface area contributed by atoms with Gasteiger partial charge in [0.15, 0.2) is 9.84 Å². The van der Waals surface area contributed by atoms with Crippen molar-refractivity contribution in [3.63, 3.8) is 0 Å². The Morgan fingerprint density at radius 3 is 2.11 bits per heavy atom. The van der Waals surface area contributed by atoms with Crippen molar-refractivity contribution in [2.75, 3.05) is 19.5 Å². The molecule has 0 unspecified atom stereocenters. The lowest BCUT2D eigenvalue weighted by Crippen LogP contribution is -2.15. The van der Waals surface area contributed by atoms with E-state index in [1.807, 2.05) is 0 Å². The van der Waals surface area contributed by atoms with Gasteiger partial charge < -0.3 is 4.74 Å². The minimum Gasteiger partial charge on any atom is -0.497 e. The summed E-state index contributed by atoms with van der Waals surface area (Å²) in [7, 11) is -6.84. The molecule has 1 aromatic carbocycles. The van der Waals surface area contributed by atoms with Gasteiger partial charge in [-0.15, -0.1) is 0 Å². The highest BCUT2D eigenvalue weighted by molar-refractivity contribution is 7.91.